The second-order valence-corrected chi connectivity index (χ2v) is 4.24. The average molecular weight is 237 g/mol. The highest BCUT2D eigenvalue weighted by atomic mass is 19.1. The Labute approximate surface area is 100.0 Å². The Hall–Kier alpha value is -1.42. The third-order valence-electron chi connectivity index (χ3n) is 3.17. The van der Waals surface area contributed by atoms with E-state index in [4.69, 9.17) is 0 Å². The van der Waals surface area contributed by atoms with Crippen molar-refractivity contribution in [1.82, 2.24) is 5.32 Å². The normalized spacial score (nSPS) is 20.0. The van der Waals surface area contributed by atoms with Crippen LogP contribution in [0.1, 0.15) is 34.7 Å². The molecule has 0 saturated carbocycles. The molecule has 1 aliphatic heterocycles. The maximum Gasteiger partial charge on any atom is 0.340 e. The summed E-state index contributed by atoms with van der Waals surface area (Å²) in [7, 11) is 1.26. The van der Waals surface area contributed by atoms with Gasteiger partial charge < -0.3 is 10.1 Å². The summed E-state index contributed by atoms with van der Waals surface area (Å²) in [5.74, 6) is -0.908. The molecule has 1 aromatic rings. The van der Waals surface area contributed by atoms with Crippen LogP contribution in [0, 0.1) is 5.82 Å². The van der Waals surface area contributed by atoms with Gasteiger partial charge in [0.05, 0.1) is 12.7 Å². The molecule has 1 unspecified atom stereocenters. The maximum absolute atomic E-state index is 14.2. The first-order valence-electron chi connectivity index (χ1n) is 5.81. The largest absolute Gasteiger partial charge is 0.465 e. The lowest BCUT2D eigenvalue weighted by Gasteiger charge is -2.23. The van der Waals surface area contributed by atoms with Gasteiger partial charge >= 0.3 is 5.97 Å². The van der Waals surface area contributed by atoms with Crippen molar-refractivity contribution in [2.75, 3.05) is 20.2 Å². The Balaban J connectivity index is 2.31. The number of piperidine rings is 1. The van der Waals surface area contributed by atoms with Gasteiger partial charge in [-0.15, -0.1) is 0 Å². The molecule has 0 spiro atoms. The first-order chi connectivity index (χ1) is 8.24. The summed E-state index contributed by atoms with van der Waals surface area (Å²) in [6.07, 6.45) is 1.99. The van der Waals surface area contributed by atoms with E-state index in [0.717, 1.165) is 25.9 Å². The molecular weight excluding hydrogens is 221 g/mol. The van der Waals surface area contributed by atoms with E-state index in [1.165, 1.54) is 13.2 Å². The predicted octanol–water partition coefficient (Wildman–Crippen LogP) is 2.08. The highest BCUT2D eigenvalue weighted by molar-refractivity contribution is 5.89. The van der Waals surface area contributed by atoms with Gasteiger partial charge in [0.1, 0.15) is 5.82 Å². The van der Waals surface area contributed by atoms with Gasteiger partial charge in [0, 0.05) is 6.54 Å². The van der Waals surface area contributed by atoms with E-state index in [2.05, 4.69) is 10.1 Å². The van der Waals surface area contributed by atoms with Crippen LogP contribution < -0.4 is 5.32 Å². The second kappa shape index (κ2) is 5.27. The monoisotopic (exact) mass is 237 g/mol. The summed E-state index contributed by atoms with van der Waals surface area (Å²) < 4.78 is 18.7. The molecule has 1 aromatic carbocycles. The quantitative estimate of drug-likeness (QED) is 0.800. The van der Waals surface area contributed by atoms with Crippen molar-refractivity contribution >= 4 is 5.97 Å². The van der Waals surface area contributed by atoms with E-state index in [1.807, 2.05) is 0 Å². The van der Waals surface area contributed by atoms with E-state index in [9.17, 15) is 9.18 Å². The first kappa shape index (κ1) is 12.0. The van der Waals surface area contributed by atoms with E-state index in [0.29, 0.717) is 5.56 Å². The lowest BCUT2D eigenvalue weighted by atomic mass is 9.90. The van der Waals surface area contributed by atoms with Gasteiger partial charge in [-0.25, -0.2) is 9.18 Å². The number of carbonyl (C=O) groups excluding carboxylic acids is 1. The fourth-order valence-corrected chi connectivity index (χ4v) is 2.25. The Morgan fingerprint density at radius 1 is 1.53 bits per heavy atom. The van der Waals surface area contributed by atoms with Gasteiger partial charge in [0.25, 0.3) is 0 Å². The number of ether oxygens (including phenoxy) is 1. The molecule has 1 saturated heterocycles. The summed E-state index contributed by atoms with van der Waals surface area (Å²) in [5, 5.41) is 3.24. The molecule has 0 aromatic heterocycles. The minimum Gasteiger partial charge on any atom is -0.465 e. The number of nitrogens with one attached hydrogen (secondary N) is 1. The number of benzene rings is 1. The zero-order chi connectivity index (χ0) is 12.3. The maximum atomic E-state index is 14.2. The van der Waals surface area contributed by atoms with Gasteiger partial charge in [-0.3, -0.25) is 0 Å². The summed E-state index contributed by atoms with van der Waals surface area (Å²) >= 11 is 0. The molecule has 0 aliphatic carbocycles. The van der Waals surface area contributed by atoms with Crippen molar-refractivity contribution in [2.45, 2.75) is 18.8 Å². The first-order valence-corrected chi connectivity index (χ1v) is 5.81. The topological polar surface area (TPSA) is 38.3 Å². The summed E-state index contributed by atoms with van der Waals surface area (Å²) in [5.41, 5.74) is 0.635. The number of hydrogen-bond acceptors (Lipinski definition) is 3. The molecule has 0 bridgehead atoms. The number of hydrogen-bond donors (Lipinski definition) is 1. The number of rotatable bonds is 2. The summed E-state index contributed by atoms with van der Waals surface area (Å²) in [6.45, 7) is 1.75. The fraction of sp³-hybridized carbons (Fsp3) is 0.462. The molecule has 92 valence electrons. The van der Waals surface area contributed by atoms with Crippen LogP contribution in [0.15, 0.2) is 18.2 Å². The van der Waals surface area contributed by atoms with Crippen LogP contribution in [0.5, 0.6) is 0 Å². The van der Waals surface area contributed by atoms with E-state index < -0.39 is 11.8 Å². The Morgan fingerprint density at radius 2 is 2.35 bits per heavy atom. The van der Waals surface area contributed by atoms with Crippen molar-refractivity contribution in [2.24, 2.45) is 0 Å². The molecule has 4 heteroatoms. The second-order valence-electron chi connectivity index (χ2n) is 4.24. The SMILES string of the molecule is COC(=O)c1cccc(C2CCCNC2)c1F. The number of carbonyl (C=O) groups is 1. The van der Waals surface area contributed by atoms with Crippen LogP contribution in [0.3, 0.4) is 0 Å². The predicted molar refractivity (Wildman–Crippen MR) is 62.6 cm³/mol. The highest BCUT2D eigenvalue weighted by Crippen LogP contribution is 2.27. The highest BCUT2D eigenvalue weighted by Gasteiger charge is 2.22. The molecule has 1 aliphatic rings. The van der Waals surface area contributed by atoms with Gasteiger partial charge in [0.15, 0.2) is 0 Å². The summed E-state index contributed by atoms with van der Waals surface area (Å²) in [6, 6.07) is 4.92. The lowest BCUT2D eigenvalue weighted by molar-refractivity contribution is 0.0595. The van der Waals surface area contributed by atoms with Crippen molar-refractivity contribution in [3.05, 3.63) is 35.1 Å². The van der Waals surface area contributed by atoms with Gasteiger partial charge in [0.2, 0.25) is 0 Å². The van der Waals surface area contributed by atoms with Crippen molar-refractivity contribution in [3.8, 4) is 0 Å². The zero-order valence-electron chi connectivity index (χ0n) is 9.83. The van der Waals surface area contributed by atoms with E-state index in [-0.39, 0.29) is 11.5 Å². The Morgan fingerprint density at radius 3 is 3.00 bits per heavy atom. The third kappa shape index (κ3) is 2.47. The van der Waals surface area contributed by atoms with Crippen LogP contribution in [0.2, 0.25) is 0 Å². The van der Waals surface area contributed by atoms with Crippen LogP contribution in [-0.2, 0) is 4.74 Å². The Bertz CT molecular complexity index is 414. The minimum absolute atomic E-state index is 0.0237. The molecule has 1 heterocycles. The summed E-state index contributed by atoms with van der Waals surface area (Å²) in [4.78, 5) is 11.4. The van der Waals surface area contributed by atoms with Gasteiger partial charge in [-0.1, -0.05) is 12.1 Å². The van der Waals surface area contributed by atoms with E-state index >= 15 is 0 Å². The fourth-order valence-electron chi connectivity index (χ4n) is 2.25. The van der Waals surface area contributed by atoms with Crippen LogP contribution in [-0.4, -0.2) is 26.2 Å². The molecule has 0 radical (unpaired) electrons. The molecule has 2 rings (SSSR count). The van der Waals surface area contributed by atoms with Gasteiger partial charge in [-0.2, -0.15) is 0 Å². The number of esters is 1. The average Bonchev–Trinajstić information content (AvgIpc) is 2.39. The smallest absolute Gasteiger partial charge is 0.340 e. The molecular formula is C13H16FNO2. The minimum atomic E-state index is -0.617. The molecule has 1 atom stereocenters. The van der Waals surface area contributed by atoms with Gasteiger partial charge in [-0.05, 0) is 36.9 Å². The van der Waals surface area contributed by atoms with E-state index in [1.54, 1.807) is 12.1 Å². The Kier molecular flexibility index (Phi) is 3.74. The molecule has 1 fully saturated rings. The zero-order valence-corrected chi connectivity index (χ0v) is 9.83. The molecule has 3 nitrogen and oxygen atoms in total. The standard InChI is InChI=1S/C13H16FNO2/c1-17-13(16)11-6-2-5-10(12(11)14)9-4-3-7-15-8-9/h2,5-6,9,15H,3-4,7-8H2,1H3. The van der Waals surface area contributed by atoms with Crippen molar-refractivity contribution in [3.63, 3.8) is 0 Å². The van der Waals surface area contributed by atoms with Crippen LogP contribution >= 0.6 is 0 Å². The van der Waals surface area contributed by atoms with Crippen molar-refractivity contribution < 1.29 is 13.9 Å². The number of methoxy groups -OCH3 is 1. The van der Waals surface area contributed by atoms with Crippen molar-refractivity contribution in [1.29, 1.82) is 0 Å². The van der Waals surface area contributed by atoms with Crippen LogP contribution in [0.4, 0.5) is 4.39 Å². The lowest BCUT2D eigenvalue weighted by Crippen LogP contribution is -2.29. The van der Waals surface area contributed by atoms with Crippen LogP contribution in [0.25, 0.3) is 0 Å². The molecule has 17 heavy (non-hydrogen) atoms. The third-order valence-corrected chi connectivity index (χ3v) is 3.17. The number of halogens is 1. The molecule has 1 N–H and O–H groups in total. The molecule has 0 amide bonds.